The maximum atomic E-state index is 6.17. The molecule has 2 N–H and O–H groups in total. The molecule has 1 fully saturated rings. The molecule has 0 aromatic heterocycles. The molecular weight excluding hydrogens is 316 g/mol. The monoisotopic (exact) mass is 350 g/mol. The Morgan fingerprint density at radius 2 is 1.50 bits per heavy atom. The molecule has 140 valence electrons. The molecule has 0 bridgehead atoms. The van der Waals surface area contributed by atoms with Gasteiger partial charge in [-0.1, -0.05) is 47.5 Å². The molecule has 1 aliphatic carbocycles. The summed E-state index contributed by atoms with van der Waals surface area (Å²) in [6, 6.07) is 14.6. The van der Waals surface area contributed by atoms with Crippen LogP contribution in [0.25, 0.3) is 0 Å². The first kappa shape index (κ1) is 19.1. The number of nitrogens with zero attached hydrogens (tertiary/aromatic N) is 1. The van der Waals surface area contributed by atoms with Crippen LogP contribution >= 0.6 is 0 Å². The first-order valence-corrected chi connectivity index (χ1v) is 10.0. The highest BCUT2D eigenvalue weighted by Gasteiger charge is 2.25. The quantitative estimate of drug-likeness (QED) is 0.804. The van der Waals surface area contributed by atoms with Crippen LogP contribution in [0, 0.1) is 27.7 Å². The molecule has 2 aromatic rings. The SMILES string of the molecule is Cc1cccc(CN(Cc2c(C)cc(C)cc2C)C2CCC(N)CC2)c1. The first-order chi connectivity index (χ1) is 12.4. The van der Waals surface area contributed by atoms with E-state index in [0.717, 1.165) is 25.9 Å². The molecular formula is C24H34N2. The summed E-state index contributed by atoms with van der Waals surface area (Å²) in [4.78, 5) is 2.70. The average Bonchev–Trinajstić information content (AvgIpc) is 2.58. The third-order valence-corrected chi connectivity index (χ3v) is 5.93. The lowest BCUT2D eigenvalue weighted by Gasteiger charge is -2.37. The second-order valence-electron chi connectivity index (χ2n) is 8.34. The van der Waals surface area contributed by atoms with Crippen molar-refractivity contribution < 1.29 is 0 Å². The van der Waals surface area contributed by atoms with Gasteiger partial charge in [0, 0.05) is 25.2 Å². The van der Waals surface area contributed by atoms with Gasteiger partial charge in [-0.2, -0.15) is 0 Å². The van der Waals surface area contributed by atoms with Gasteiger partial charge in [0.2, 0.25) is 0 Å². The first-order valence-electron chi connectivity index (χ1n) is 10.0. The molecule has 0 amide bonds. The van der Waals surface area contributed by atoms with Gasteiger partial charge in [-0.3, -0.25) is 4.90 Å². The van der Waals surface area contributed by atoms with Crippen molar-refractivity contribution in [2.75, 3.05) is 0 Å². The summed E-state index contributed by atoms with van der Waals surface area (Å²) in [6.45, 7) is 11.0. The van der Waals surface area contributed by atoms with Crippen LogP contribution in [-0.4, -0.2) is 17.0 Å². The number of hydrogen-bond donors (Lipinski definition) is 1. The molecule has 1 saturated carbocycles. The van der Waals surface area contributed by atoms with E-state index in [-0.39, 0.29) is 0 Å². The summed E-state index contributed by atoms with van der Waals surface area (Å²) < 4.78 is 0. The molecule has 0 atom stereocenters. The van der Waals surface area contributed by atoms with E-state index >= 15 is 0 Å². The molecule has 0 saturated heterocycles. The Hall–Kier alpha value is -1.64. The number of hydrogen-bond acceptors (Lipinski definition) is 2. The van der Waals surface area contributed by atoms with Crippen LogP contribution in [0.5, 0.6) is 0 Å². The maximum Gasteiger partial charge on any atom is 0.0245 e. The topological polar surface area (TPSA) is 29.3 Å². The molecule has 0 unspecified atom stereocenters. The maximum absolute atomic E-state index is 6.17. The summed E-state index contributed by atoms with van der Waals surface area (Å²) >= 11 is 0. The molecule has 2 nitrogen and oxygen atoms in total. The van der Waals surface area contributed by atoms with Crippen molar-refractivity contribution in [3.05, 3.63) is 69.8 Å². The van der Waals surface area contributed by atoms with Crippen molar-refractivity contribution in [1.82, 2.24) is 4.90 Å². The predicted molar refractivity (Wildman–Crippen MR) is 111 cm³/mol. The van der Waals surface area contributed by atoms with E-state index in [1.165, 1.54) is 46.2 Å². The van der Waals surface area contributed by atoms with Gasteiger partial charge in [-0.25, -0.2) is 0 Å². The van der Waals surface area contributed by atoms with Gasteiger partial charge in [-0.15, -0.1) is 0 Å². The number of aryl methyl sites for hydroxylation is 4. The minimum atomic E-state index is 0.398. The van der Waals surface area contributed by atoms with E-state index in [1.54, 1.807) is 0 Å². The normalized spacial score (nSPS) is 20.5. The minimum absolute atomic E-state index is 0.398. The van der Waals surface area contributed by atoms with E-state index in [0.29, 0.717) is 12.1 Å². The Kier molecular flexibility index (Phi) is 6.16. The molecule has 2 aromatic carbocycles. The smallest absolute Gasteiger partial charge is 0.0245 e. The van der Waals surface area contributed by atoms with Crippen molar-refractivity contribution in [2.45, 2.75) is 78.6 Å². The lowest BCUT2D eigenvalue weighted by molar-refractivity contribution is 0.133. The minimum Gasteiger partial charge on any atom is -0.328 e. The second kappa shape index (κ2) is 8.37. The Morgan fingerprint density at radius 3 is 2.12 bits per heavy atom. The molecule has 3 rings (SSSR count). The molecule has 0 radical (unpaired) electrons. The van der Waals surface area contributed by atoms with Gasteiger partial charge in [0.05, 0.1) is 0 Å². The molecule has 0 aliphatic heterocycles. The van der Waals surface area contributed by atoms with Crippen LogP contribution in [0.3, 0.4) is 0 Å². The summed E-state index contributed by atoms with van der Waals surface area (Å²) in [5, 5.41) is 0. The zero-order valence-corrected chi connectivity index (χ0v) is 16.9. The van der Waals surface area contributed by atoms with Gasteiger partial charge < -0.3 is 5.73 Å². The molecule has 26 heavy (non-hydrogen) atoms. The van der Waals surface area contributed by atoms with E-state index < -0.39 is 0 Å². The Labute approximate surface area is 159 Å². The average molecular weight is 351 g/mol. The van der Waals surface area contributed by atoms with Crippen LogP contribution in [0.1, 0.15) is 59.1 Å². The zero-order chi connectivity index (χ0) is 18.7. The van der Waals surface area contributed by atoms with Gasteiger partial charge in [0.15, 0.2) is 0 Å². The highest BCUT2D eigenvalue weighted by Crippen LogP contribution is 2.27. The summed E-state index contributed by atoms with van der Waals surface area (Å²) in [7, 11) is 0. The number of rotatable bonds is 5. The zero-order valence-electron chi connectivity index (χ0n) is 16.9. The molecule has 0 heterocycles. The third kappa shape index (κ3) is 4.75. The number of nitrogens with two attached hydrogens (primary N) is 1. The van der Waals surface area contributed by atoms with Crippen LogP contribution in [0.4, 0.5) is 0 Å². The third-order valence-electron chi connectivity index (χ3n) is 5.93. The van der Waals surface area contributed by atoms with Gasteiger partial charge in [0.25, 0.3) is 0 Å². The summed E-state index contributed by atoms with van der Waals surface area (Å²) in [6.07, 6.45) is 4.75. The summed E-state index contributed by atoms with van der Waals surface area (Å²) in [5.41, 5.74) is 14.6. The van der Waals surface area contributed by atoms with Gasteiger partial charge in [-0.05, 0) is 75.6 Å². The van der Waals surface area contributed by atoms with Crippen LogP contribution in [0.15, 0.2) is 36.4 Å². The van der Waals surface area contributed by atoms with Crippen molar-refractivity contribution in [3.8, 4) is 0 Å². The lowest BCUT2D eigenvalue weighted by atomic mass is 9.89. The Balaban J connectivity index is 1.85. The Morgan fingerprint density at radius 1 is 0.846 bits per heavy atom. The predicted octanol–water partition coefficient (Wildman–Crippen LogP) is 5.19. The van der Waals surface area contributed by atoms with Gasteiger partial charge >= 0.3 is 0 Å². The van der Waals surface area contributed by atoms with E-state index in [1.807, 2.05) is 0 Å². The van der Waals surface area contributed by atoms with Crippen LogP contribution in [-0.2, 0) is 13.1 Å². The van der Waals surface area contributed by atoms with Crippen molar-refractivity contribution in [2.24, 2.45) is 5.73 Å². The van der Waals surface area contributed by atoms with Crippen molar-refractivity contribution >= 4 is 0 Å². The highest BCUT2D eigenvalue weighted by atomic mass is 15.2. The van der Waals surface area contributed by atoms with E-state index in [2.05, 4.69) is 69.0 Å². The fourth-order valence-corrected chi connectivity index (χ4v) is 4.49. The van der Waals surface area contributed by atoms with E-state index in [9.17, 15) is 0 Å². The fraction of sp³-hybridized carbons (Fsp3) is 0.500. The standard InChI is InChI=1S/C24H34N2/c1-17-6-5-7-21(14-17)15-26(23-10-8-22(25)9-11-23)16-24-19(3)12-18(2)13-20(24)4/h5-7,12-14,22-23H,8-11,15-16,25H2,1-4H3. The second-order valence-corrected chi connectivity index (χ2v) is 8.34. The Bertz CT molecular complexity index is 719. The summed E-state index contributed by atoms with van der Waals surface area (Å²) in [5.74, 6) is 0. The molecule has 1 aliphatic rings. The molecule has 2 heteroatoms. The van der Waals surface area contributed by atoms with Crippen molar-refractivity contribution in [1.29, 1.82) is 0 Å². The highest BCUT2D eigenvalue weighted by molar-refractivity contribution is 5.37. The van der Waals surface area contributed by atoms with Crippen LogP contribution < -0.4 is 5.73 Å². The van der Waals surface area contributed by atoms with Crippen LogP contribution in [0.2, 0.25) is 0 Å². The largest absolute Gasteiger partial charge is 0.328 e. The van der Waals surface area contributed by atoms with E-state index in [4.69, 9.17) is 5.73 Å². The number of benzene rings is 2. The fourth-order valence-electron chi connectivity index (χ4n) is 4.49. The van der Waals surface area contributed by atoms with Gasteiger partial charge in [0.1, 0.15) is 0 Å². The van der Waals surface area contributed by atoms with Crippen molar-refractivity contribution in [3.63, 3.8) is 0 Å². The lowest BCUT2D eigenvalue weighted by Crippen LogP contribution is -2.40. The molecule has 0 spiro atoms.